The van der Waals surface area contributed by atoms with Crippen LogP contribution in [0.2, 0.25) is 0 Å². The molecule has 1 heterocycles. The molecule has 0 bridgehead atoms. The zero-order chi connectivity index (χ0) is 14.0. The zero-order valence-electron chi connectivity index (χ0n) is 11.6. The molecule has 4 heteroatoms. The van der Waals surface area contributed by atoms with E-state index in [9.17, 15) is 5.11 Å². The fourth-order valence-electron chi connectivity index (χ4n) is 3.04. The fraction of sp³-hybridized carbons (Fsp3) is 0.438. The molecule has 0 radical (unpaired) electrons. The van der Waals surface area contributed by atoms with Crippen LogP contribution in [-0.2, 0) is 0 Å². The summed E-state index contributed by atoms with van der Waals surface area (Å²) in [5.74, 6) is 0.832. The van der Waals surface area contributed by atoms with Gasteiger partial charge in [-0.05, 0) is 43.2 Å². The number of rotatable bonds is 3. The molecule has 0 aliphatic heterocycles. The lowest BCUT2D eigenvalue weighted by Crippen LogP contribution is -2.44. The highest BCUT2D eigenvalue weighted by Crippen LogP contribution is 2.31. The van der Waals surface area contributed by atoms with Gasteiger partial charge in [-0.1, -0.05) is 19.3 Å². The molecule has 4 N–H and O–H groups in total. The highest BCUT2D eigenvalue weighted by atomic mass is 16.3. The minimum atomic E-state index is -0.202. The first kappa shape index (κ1) is 13.2. The summed E-state index contributed by atoms with van der Waals surface area (Å²) in [5, 5.41) is 14.2. The predicted molar refractivity (Wildman–Crippen MR) is 82.7 cm³/mol. The van der Waals surface area contributed by atoms with E-state index in [2.05, 4.69) is 10.3 Å². The third-order valence-corrected chi connectivity index (χ3v) is 4.22. The molecule has 4 nitrogen and oxygen atoms in total. The van der Waals surface area contributed by atoms with Gasteiger partial charge < -0.3 is 16.2 Å². The number of nitrogen functional groups attached to an aromatic ring is 1. The minimum Gasteiger partial charge on any atom is -0.399 e. The third-order valence-electron chi connectivity index (χ3n) is 4.22. The normalized spacial score (nSPS) is 18.1. The molecule has 1 aliphatic rings. The van der Waals surface area contributed by atoms with Crippen molar-refractivity contribution in [3.8, 4) is 0 Å². The maximum absolute atomic E-state index is 9.75. The first-order chi connectivity index (χ1) is 9.71. The van der Waals surface area contributed by atoms with Gasteiger partial charge in [-0.2, -0.15) is 0 Å². The van der Waals surface area contributed by atoms with E-state index >= 15 is 0 Å². The number of anilines is 2. The second kappa shape index (κ2) is 5.29. The number of fused-ring (bicyclic) bond motifs is 1. The minimum absolute atomic E-state index is 0.161. The van der Waals surface area contributed by atoms with Gasteiger partial charge in [0.05, 0.1) is 17.7 Å². The number of benzene rings is 1. The summed E-state index contributed by atoms with van der Waals surface area (Å²) in [6.45, 7) is 0.161. The van der Waals surface area contributed by atoms with Crippen LogP contribution in [0, 0.1) is 0 Å². The topological polar surface area (TPSA) is 71.2 Å². The molecule has 2 aromatic rings. The molecule has 1 saturated carbocycles. The Labute approximate surface area is 119 Å². The van der Waals surface area contributed by atoms with Crippen LogP contribution in [0.3, 0.4) is 0 Å². The van der Waals surface area contributed by atoms with E-state index in [1.54, 1.807) is 0 Å². The van der Waals surface area contributed by atoms with Crippen LogP contribution < -0.4 is 11.1 Å². The van der Waals surface area contributed by atoms with Crippen molar-refractivity contribution >= 4 is 22.4 Å². The molecule has 1 aromatic carbocycles. The molecule has 0 amide bonds. The molecule has 1 aliphatic carbocycles. The van der Waals surface area contributed by atoms with E-state index < -0.39 is 0 Å². The second-order valence-corrected chi connectivity index (χ2v) is 5.77. The van der Waals surface area contributed by atoms with Crippen molar-refractivity contribution in [1.82, 2.24) is 4.98 Å². The van der Waals surface area contributed by atoms with Gasteiger partial charge in [0.15, 0.2) is 0 Å². The average molecular weight is 271 g/mol. The highest BCUT2D eigenvalue weighted by Gasteiger charge is 2.31. The van der Waals surface area contributed by atoms with Crippen LogP contribution >= 0.6 is 0 Å². The van der Waals surface area contributed by atoms with Crippen molar-refractivity contribution in [2.24, 2.45) is 0 Å². The van der Waals surface area contributed by atoms with Crippen molar-refractivity contribution in [1.29, 1.82) is 0 Å². The Balaban J connectivity index is 1.88. The summed E-state index contributed by atoms with van der Waals surface area (Å²) in [4.78, 5) is 4.63. The summed E-state index contributed by atoms with van der Waals surface area (Å²) >= 11 is 0. The number of nitrogens with one attached hydrogen (secondary N) is 1. The van der Waals surface area contributed by atoms with Gasteiger partial charge in [-0.15, -0.1) is 0 Å². The van der Waals surface area contributed by atoms with Crippen LogP contribution in [0.4, 0.5) is 11.5 Å². The monoisotopic (exact) mass is 271 g/mol. The Hall–Kier alpha value is -1.81. The van der Waals surface area contributed by atoms with Crippen molar-refractivity contribution in [2.45, 2.75) is 37.6 Å². The Kier molecular flexibility index (Phi) is 3.49. The number of aromatic nitrogens is 1. The van der Waals surface area contributed by atoms with Crippen molar-refractivity contribution in [2.75, 3.05) is 17.7 Å². The molecule has 1 aromatic heterocycles. The number of aliphatic hydroxyl groups excluding tert-OH is 1. The lowest BCUT2D eigenvalue weighted by atomic mass is 9.82. The van der Waals surface area contributed by atoms with Gasteiger partial charge in [0.25, 0.3) is 0 Å². The summed E-state index contributed by atoms with van der Waals surface area (Å²) in [6, 6.07) is 9.71. The number of nitrogens with zero attached hydrogens (tertiary/aromatic N) is 1. The maximum Gasteiger partial charge on any atom is 0.127 e. The number of hydrogen-bond acceptors (Lipinski definition) is 4. The van der Waals surface area contributed by atoms with Crippen LogP contribution in [0.15, 0.2) is 30.3 Å². The van der Waals surface area contributed by atoms with Crippen molar-refractivity contribution in [3.05, 3.63) is 30.3 Å². The summed E-state index contributed by atoms with van der Waals surface area (Å²) in [6.07, 6.45) is 5.60. The first-order valence-corrected chi connectivity index (χ1v) is 7.26. The summed E-state index contributed by atoms with van der Waals surface area (Å²) < 4.78 is 0. The van der Waals surface area contributed by atoms with E-state index in [-0.39, 0.29) is 12.1 Å². The first-order valence-electron chi connectivity index (χ1n) is 7.26. The zero-order valence-corrected chi connectivity index (χ0v) is 11.6. The van der Waals surface area contributed by atoms with Crippen LogP contribution in [-0.4, -0.2) is 22.2 Å². The summed E-state index contributed by atoms with van der Waals surface area (Å²) in [7, 11) is 0. The molecule has 3 rings (SSSR count). The Morgan fingerprint density at radius 1 is 1.15 bits per heavy atom. The third kappa shape index (κ3) is 2.56. The lowest BCUT2D eigenvalue weighted by molar-refractivity contribution is 0.172. The molecule has 20 heavy (non-hydrogen) atoms. The Morgan fingerprint density at radius 2 is 1.95 bits per heavy atom. The molecule has 0 spiro atoms. The summed E-state index contributed by atoms with van der Waals surface area (Å²) in [5.41, 5.74) is 7.25. The van der Waals surface area contributed by atoms with Gasteiger partial charge in [0, 0.05) is 11.1 Å². The van der Waals surface area contributed by atoms with Crippen molar-refractivity contribution in [3.63, 3.8) is 0 Å². The van der Waals surface area contributed by atoms with Gasteiger partial charge >= 0.3 is 0 Å². The van der Waals surface area contributed by atoms with E-state index in [4.69, 9.17) is 5.73 Å². The molecule has 106 valence electrons. The Bertz CT molecular complexity index is 606. The van der Waals surface area contributed by atoms with E-state index in [0.29, 0.717) is 0 Å². The number of aliphatic hydroxyl groups is 1. The second-order valence-electron chi connectivity index (χ2n) is 5.77. The molecule has 0 atom stereocenters. The molecule has 0 unspecified atom stereocenters. The van der Waals surface area contributed by atoms with Crippen LogP contribution in [0.5, 0.6) is 0 Å². The molecule has 0 saturated heterocycles. The molecular formula is C16H21N3O. The Morgan fingerprint density at radius 3 is 2.70 bits per heavy atom. The molecular weight excluding hydrogens is 250 g/mol. The average Bonchev–Trinajstić information content (AvgIpc) is 2.48. The smallest absolute Gasteiger partial charge is 0.127 e. The van der Waals surface area contributed by atoms with Gasteiger partial charge in [0.2, 0.25) is 0 Å². The van der Waals surface area contributed by atoms with Crippen molar-refractivity contribution < 1.29 is 5.11 Å². The van der Waals surface area contributed by atoms with E-state index in [1.807, 2.05) is 30.3 Å². The van der Waals surface area contributed by atoms with Gasteiger partial charge in [-0.25, -0.2) is 4.98 Å². The van der Waals surface area contributed by atoms with Crippen LogP contribution in [0.1, 0.15) is 32.1 Å². The quantitative estimate of drug-likeness (QED) is 0.751. The lowest BCUT2D eigenvalue weighted by Gasteiger charge is -2.37. The highest BCUT2D eigenvalue weighted by molar-refractivity contribution is 5.83. The fourth-order valence-corrected chi connectivity index (χ4v) is 3.04. The van der Waals surface area contributed by atoms with Crippen LogP contribution in [0.25, 0.3) is 10.9 Å². The standard InChI is InChI=1S/C16H21N3O/c17-13-5-6-14-12(10-13)4-7-15(18-14)19-16(11-20)8-2-1-3-9-16/h4-7,10,20H,1-3,8-9,11,17H2,(H,18,19). The predicted octanol–water partition coefficient (Wildman–Crippen LogP) is 2.92. The largest absolute Gasteiger partial charge is 0.399 e. The van der Waals surface area contributed by atoms with Gasteiger partial charge in [-0.3, -0.25) is 0 Å². The molecule has 1 fully saturated rings. The van der Waals surface area contributed by atoms with E-state index in [0.717, 1.165) is 48.1 Å². The number of pyridine rings is 1. The SMILES string of the molecule is Nc1ccc2nc(NC3(CO)CCCCC3)ccc2c1. The van der Waals surface area contributed by atoms with Gasteiger partial charge in [0.1, 0.15) is 5.82 Å². The maximum atomic E-state index is 9.75. The number of hydrogen-bond donors (Lipinski definition) is 3. The van der Waals surface area contributed by atoms with E-state index in [1.165, 1.54) is 6.42 Å². The number of nitrogens with two attached hydrogens (primary N) is 1.